The number of fused-ring (bicyclic) bond motifs is 3. The molecule has 1 fully saturated rings. The van der Waals surface area contributed by atoms with Gasteiger partial charge in [-0.25, -0.2) is 4.39 Å². The Kier molecular flexibility index (Phi) is 6.71. The SMILES string of the molecule is CN(C)[C@@H]1C(O)=C(C(N)=O)C(=O)C2C(O)=C3C(=O)c4c(O)c(NC(=O)CN5CCCC5)cc(F)c4CC3CC21. The van der Waals surface area contributed by atoms with E-state index in [2.05, 4.69) is 5.32 Å². The Balaban J connectivity index is 1.54. The highest BCUT2D eigenvalue weighted by Crippen LogP contribution is 2.51. The van der Waals surface area contributed by atoms with Gasteiger partial charge in [0, 0.05) is 17.2 Å². The minimum atomic E-state index is -1.33. The number of amides is 2. The molecule has 5 rings (SSSR count). The molecule has 1 aliphatic heterocycles. The molecule has 11 nitrogen and oxygen atoms in total. The number of halogens is 1. The van der Waals surface area contributed by atoms with Gasteiger partial charge in [-0.2, -0.15) is 0 Å². The molecule has 1 aromatic rings. The van der Waals surface area contributed by atoms with Gasteiger partial charge in [-0.3, -0.25) is 29.0 Å². The summed E-state index contributed by atoms with van der Waals surface area (Å²) in [6.07, 6.45) is 1.99. The number of aromatic hydroxyl groups is 1. The minimum Gasteiger partial charge on any atom is -0.511 e. The molecular weight excluding hydrogens is 511 g/mol. The Morgan fingerprint density at radius 2 is 1.82 bits per heavy atom. The highest BCUT2D eigenvalue weighted by Gasteiger charge is 2.54. The van der Waals surface area contributed by atoms with Gasteiger partial charge in [-0.05, 0) is 64.7 Å². The maximum atomic E-state index is 15.3. The molecule has 0 spiro atoms. The van der Waals surface area contributed by atoms with Crippen LogP contribution < -0.4 is 11.1 Å². The van der Waals surface area contributed by atoms with Gasteiger partial charge >= 0.3 is 0 Å². The number of anilines is 1. The fourth-order valence-corrected chi connectivity index (χ4v) is 6.72. The van der Waals surface area contributed by atoms with Crippen molar-refractivity contribution in [2.75, 3.05) is 39.0 Å². The van der Waals surface area contributed by atoms with Crippen LogP contribution in [0.2, 0.25) is 0 Å². The number of nitrogens with two attached hydrogens (primary N) is 1. The van der Waals surface area contributed by atoms with Crippen molar-refractivity contribution in [1.82, 2.24) is 9.80 Å². The molecule has 1 heterocycles. The number of likely N-dealkylation sites (tertiary alicyclic amines) is 1. The van der Waals surface area contributed by atoms with Crippen molar-refractivity contribution in [2.45, 2.75) is 31.7 Å². The fraction of sp³-hybridized carbons (Fsp3) is 0.481. The number of phenolic OH excluding ortho intramolecular Hbond substituents is 1. The van der Waals surface area contributed by atoms with Crippen molar-refractivity contribution < 1.29 is 38.9 Å². The van der Waals surface area contributed by atoms with E-state index in [4.69, 9.17) is 5.73 Å². The van der Waals surface area contributed by atoms with E-state index in [1.54, 1.807) is 19.0 Å². The second-order valence-electron chi connectivity index (χ2n) is 10.9. The first-order chi connectivity index (χ1) is 18.4. The third kappa shape index (κ3) is 4.27. The zero-order valence-corrected chi connectivity index (χ0v) is 21.7. The predicted octanol–water partition coefficient (Wildman–Crippen LogP) is 1.18. The second kappa shape index (κ2) is 9.76. The van der Waals surface area contributed by atoms with E-state index in [9.17, 15) is 34.5 Å². The van der Waals surface area contributed by atoms with Gasteiger partial charge in [0.25, 0.3) is 5.91 Å². The quantitative estimate of drug-likeness (QED) is 0.270. The van der Waals surface area contributed by atoms with Crippen LogP contribution in [0.3, 0.4) is 0 Å². The Hall–Kier alpha value is -3.77. The molecule has 4 atom stereocenters. The van der Waals surface area contributed by atoms with E-state index >= 15 is 4.39 Å². The van der Waals surface area contributed by atoms with Crippen molar-refractivity contribution in [3.8, 4) is 5.75 Å². The van der Waals surface area contributed by atoms with Crippen LogP contribution in [0.25, 0.3) is 0 Å². The number of phenols is 1. The number of carbonyl (C=O) groups excluding carboxylic acids is 4. The highest BCUT2D eigenvalue weighted by molar-refractivity contribution is 6.22. The van der Waals surface area contributed by atoms with Crippen LogP contribution in [0.4, 0.5) is 10.1 Å². The van der Waals surface area contributed by atoms with Crippen LogP contribution in [0.5, 0.6) is 5.75 Å². The van der Waals surface area contributed by atoms with Crippen LogP contribution in [0, 0.1) is 23.6 Å². The molecule has 3 unspecified atom stereocenters. The molecule has 0 saturated carbocycles. The van der Waals surface area contributed by atoms with E-state index in [1.165, 1.54) is 0 Å². The number of likely N-dealkylation sites (N-methyl/N-ethyl adjacent to an activating group) is 1. The van der Waals surface area contributed by atoms with Crippen LogP contribution in [-0.2, 0) is 20.8 Å². The summed E-state index contributed by atoms with van der Waals surface area (Å²) in [5, 5.41) is 35.5. The fourth-order valence-electron chi connectivity index (χ4n) is 6.72. The predicted molar refractivity (Wildman–Crippen MR) is 136 cm³/mol. The number of nitrogens with zero attached hydrogens (tertiary/aromatic N) is 2. The van der Waals surface area contributed by atoms with E-state index in [0.29, 0.717) is 0 Å². The van der Waals surface area contributed by atoms with Crippen molar-refractivity contribution in [3.63, 3.8) is 0 Å². The van der Waals surface area contributed by atoms with Crippen molar-refractivity contribution in [3.05, 3.63) is 45.7 Å². The number of Topliss-reactive ketones (excluding diaryl/α,β-unsaturated/α-hetero) is 2. The number of hydrogen-bond acceptors (Lipinski definition) is 9. The Labute approximate surface area is 223 Å². The molecule has 1 saturated heterocycles. The summed E-state index contributed by atoms with van der Waals surface area (Å²) in [6.45, 7) is 1.57. The van der Waals surface area contributed by atoms with Gasteiger partial charge in [0.15, 0.2) is 17.3 Å². The normalized spacial score (nSPS) is 27.0. The maximum absolute atomic E-state index is 15.3. The summed E-state index contributed by atoms with van der Waals surface area (Å²) < 4.78 is 15.3. The molecule has 2 amide bonds. The largest absolute Gasteiger partial charge is 0.511 e. The lowest BCUT2D eigenvalue weighted by atomic mass is 9.61. The molecule has 208 valence electrons. The van der Waals surface area contributed by atoms with Crippen molar-refractivity contribution in [2.24, 2.45) is 23.5 Å². The number of aliphatic hydroxyl groups excluding tert-OH is 2. The van der Waals surface area contributed by atoms with Crippen LogP contribution in [-0.4, -0.2) is 88.3 Å². The number of hydrogen-bond donors (Lipinski definition) is 5. The number of allylic oxidation sites excluding steroid dienone is 2. The summed E-state index contributed by atoms with van der Waals surface area (Å²) in [5.41, 5.74) is 3.87. The monoisotopic (exact) mass is 542 g/mol. The van der Waals surface area contributed by atoms with Crippen LogP contribution in [0.1, 0.15) is 35.2 Å². The molecular formula is C27H31FN4O7. The molecule has 6 N–H and O–H groups in total. The van der Waals surface area contributed by atoms with Crippen LogP contribution in [0.15, 0.2) is 28.7 Å². The van der Waals surface area contributed by atoms with Gasteiger partial charge < -0.3 is 26.4 Å². The van der Waals surface area contributed by atoms with E-state index < -0.39 is 75.8 Å². The third-order valence-electron chi connectivity index (χ3n) is 8.35. The first-order valence-corrected chi connectivity index (χ1v) is 12.9. The van der Waals surface area contributed by atoms with E-state index in [-0.39, 0.29) is 41.8 Å². The van der Waals surface area contributed by atoms with E-state index in [0.717, 1.165) is 32.0 Å². The zero-order chi connectivity index (χ0) is 28.3. The molecule has 39 heavy (non-hydrogen) atoms. The number of primary amides is 1. The molecule has 0 aromatic heterocycles. The standard InChI is InChI=1S/C27H31FN4O7/c1-31(2)21-13-8-11-7-12-14(28)9-15(30-16(33)10-32-5-3-4-6-32)22(34)18(12)23(35)17(11)24(36)19(13)25(37)20(26(21)38)27(29)39/h9,11,13,19,21,34,36,38H,3-8,10H2,1-2H3,(H2,29,39)(H,30,33)/t11?,13?,19?,21-/m0/s1. The van der Waals surface area contributed by atoms with Gasteiger partial charge in [0.05, 0.1) is 29.8 Å². The van der Waals surface area contributed by atoms with Gasteiger partial charge in [0.1, 0.15) is 22.9 Å². The third-order valence-corrected chi connectivity index (χ3v) is 8.35. The molecule has 0 bridgehead atoms. The first-order valence-electron chi connectivity index (χ1n) is 12.9. The summed E-state index contributed by atoms with van der Waals surface area (Å²) >= 11 is 0. The lowest BCUT2D eigenvalue weighted by Crippen LogP contribution is -2.53. The van der Waals surface area contributed by atoms with Crippen molar-refractivity contribution in [1.29, 1.82) is 0 Å². The number of benzene rings is 1. The number of aliphatic hydroxyl groups is 2. The Bertz CT molecular complexity index is 1360. The summed E-state index contributed by atoms with van der Waals surface area (Å²) in [4.78, 5) is 55.0. The second-order valence-corrected chi connectivity index (χ2v) is 10.9. The molecule has 4 aliphatic rings. The number of rotatable bonds is 5. The lowest BCUT2D eigenvalue weighted by Gasteiger charge is -2.46. The smallest absolute Gasteiger partial charge is 0.255 e. The van der Waals surface area contributed by atoms with Crippen LogP contribution >= 0.6 is 0 Å². The lowest BCUT2D eigenvalue weighted by molar-refractivity contribution is -0.127. The van der Waals surface area contributed by atoms with E-state index in [1.807, 2.05) is 4.90 Å². The molecule has 3 aliphatic carbocycles. The van der Waals surface area contributed by atoms with Gasteiger partial charge in [0.2, 0.25) is 5.91 Å². The number of nitrogens with one attached hydrogen (secondary N) is 1. The number of carbonyl (C=O) groups is 4. The molecule has 0 radical (unpaired) electrons. The Morgan fingerprint density at radius 3 is 2.44 bits per heavy atom. The zero-order valence-electron chi connectivity index (χ0n) is 21.7. The average Bonchev–Trinajstić information content (AvgIpc) is 3.34. The van der Waals surface area contributed by atoms with Gasteiger partial charge in [-0.15, -0.1) is 0 Å². The van der Waals surface area contributed by atoms with Gasteiger partial charge in [-0.1, -0.05) is 0 Å². The summed E-state index contributed by atoms with van der Waals surface area (Å²) in [5.74, 6) is -8.66. The number of ketones is 2. The molecule has 12 heteroatoms. The minimum absolute atomic E-state index is 0.0564. The highest BCUT2D eigenvalue weighted by atomic mass is 19.1. The van der Waals surface area contributed by atoms with Crippen molar-refractivity contribution >= 4 is 29.1 Å². The topological polar surface area (TPSA) is 174 Å². The first kappa shape index (κ1) is 26.8. The Morgan fingerprint density at radius 1 is 1.15 bits per heavy atom. The maximum Gasteiger partial charge on any atom is 0.255 e. The summed E-state index contributed by atoms with van der Waals surface area (Å²) in [6, 6.07) is 0.117. The average molecular weight is 543 g/mol. The molecule has 1 aromatic carbocycles. The summed E-state index contributed by atoms with van der Waals surface area (Å²) in [7, 11) is 3.25.